The Kier molecular flexibility index (Phi) is 2.55. The predicted molar refractivity (Wildman–Crippen MR) is 49.8 cm³/mol. The highest BCUT2D eigenvalue weighted by Crippen LogP contribution is 2.29. The molecule has 1 aliphatic carbocycles. The Morgan fingerprint density at radius 2 is 2.08 bits per heavy atom. The van der Waals surface area contributed by atoms with Gasteiger partial charge in [0.2, 0.25) is 5.91 Å². The average Bonchev–Trinajstić information content (AvgIpc) is 2.65. The van der Waals surface area contributed by atoms with Gasteiger partial charge < -0.3 is 5.32 Å². The zero-order valence-corrected chi connectivity index (χ0v) is 8.05. The van der Waals surface area contributed by atoms with Crippen LogP contribution in [0.5, 0.6) is 0 Å². The van der Waals surface area contributed by atoms with E-state index in [-0.39, 0.29) is 11.4 Å². The van der Waals surface area contributed by atoms with Gasteiger partial charge in [0.05, 0.1) is 5.54 Å². The van der Waals surface area contributed by atoms with Crippen LogP contribution in [0.2, 0.25) is 0 Å². The third kappa shape index (κ3) is 2.68. The van der Waals surface area contributed by atoms with Gasteiger partial charge in [-0.15, -0.1) is 0 Å². The fourth-order valence-corrected chi connectivity index (χ4v) is 1.22. The first kappa shape index (κ1) is 9.30. The van der Waals surface area contributed by atoms with Crippen LogP contribution in [0.25, 0.3) is 0 Å². The molecule has 0 aromatic carbocycles. The number of rotatable bonds is 3. The third-order valence-corrected chi connectivity index (χ3v) is 1.98. The Morgan fingerprint density at radius 1 is 1.50 bits per heavy atom. The van der Waals surface area contributed by atoms with Crippen molar-refractivity contribution in [1.29, 1.82) is 0 Å². The zero-order chi connectivity index (χ0) is 9.19. The molecule has 68 valence electrons. The van der Waals surface area contributed by atoms with Gasteiger partial charge in [-0.05, 0) is 33.6 Å². The molecule has 0 aromatic heterocycles. The maximum absolute atomic E-state index is 11.4. The quantitative estimate of drug-likeness (QED) is 0.639. The molecular weight excluding hydrogens is 150 g/mol. The van der Waals surface area contributed by atoms with Gasteiger partial charge in [0.25, 0.3) is 0 Å². The van der Waals surface area contributed by atoms with E-state index in [1.165, 1.54) is 0 Å². The van der Waals surface area contributed by atoms with E-state index >= 15 is 0 Å². The van der Waals surface area contributed by atoms with Gasteiger partial charge in [0.15, 0.2) is 0 Å². The summed E-state index contributed by atoms with van der Waals surface area (Å²) in [5, 5.41) is 2.99. The molecule has 0 spiro atoms. The van der Waals surface area contributed by atoms with E-state index in [4.69, 9.17) is 0 Å². The Balaban J connectivity index is 2.41. The molecule has 1 aliphatic rings. The average molecular weight is 167 g/mol. The van der Waals surface area contributed by atoms with Crippen LogP contribution in [0.4, 0.5) is 0 Å². The number of allylic oxidation sites excluding steroid dienone is 1. The van der Waals surface area contributed by atoms with E-state index in [0.29, 0.717) is 5.92 Å². The highest BCUT2D eigenvalue weighted by Gasteiger charge is 2.32. The standard InChI is InChI=1S/C10H17NO/c1-4-7-10(2,3)11-9(12)8-5-6-8/h4,7-8H,5-6H2,1-3H3,(H,11,12)/b7-4+. The molecule has 0 radical (unpaired) electrons. The molecule has 0 heterocycles. The summed E-state index contributed by atoms with van der Waals surface area (Å²) in [6.07, 6.45) is 6.11. The van der Waals surface area contributed by atoms with Crippen LogP contribution in [0.15, 0.2) is 12.2 Å². The van der Waals surface area contributed by atoms with Crippen molar-refractivity contribution in [3.8, 4) is 0 Å². The fourth-order valence-electron chi connectivity index (χ4n) is 1.22. The number of hydrogen-bond donors (Lipinski definition) is 1. The Labute approximate surface area is 74.0 Å². The third-order valence-electron chi connectivity index (χ3n) is 1.98. The monoisotopic (exact) mass is 167 g/mol. The van der Waals surface area contributed by atoms with Crippen molar-refractivity contribution in [3.05, 3.63) is 12.2 Å². The summed E-state index contributed by atoms with van der Waals surface area (Å²) in [5.74, 6) is 0.507. The van der Waals surface area contributed by atoms with Gasteiger partial charge in [-0.25, -0.2) is 0 Å². The summed E-state index contributed by atoms with van der Waals surface area (Å²) in [6.45, 7) is 5.98. The summed E-state index contributed by atoms with van der Waals surface area (Å²) < 4.78 is 0. The molecule has 1 fully saturated rings. The van der Waals surface area contributed by atoms with Crippen LogP contribution in [-0.2, 0) is 4.79 Å². The van der Waals surface area contributed by atoms with E-state index < -0.39 is 0 Å². The lowest BCUT2D eigenvalue weighted by atomic mass is 10.0. The minimum Gasteiger partial charge on any atom is -0.348 e. The second-order valence-corrected chi connectivity index (χ2v) is 3.99. The molecule has 0 atom stereocenters. The van der Waals surface area contributed by atoms with Crippen molar-refractivity contribution in [2.45, 2.75) is 39.2 Å². The molecule has 1 N–H and O–H groups in total. The summed E-state index contributed by atoms with van der Waals surface area (Å²) in [4.78, 5) is 11.4. The first-order valence-corrected chi connectivity index (χ1v) is 4.51. The fraction of sp³-hybridized carbons (Fsp3) is 0.700. The molecule has 1 amide bonds. The number of amides is 1. The lowest BCUT2D eigenvalue weighted by Gasteiger charge is -2.22. The zero-order valence-electron chi connectivity index (χ0n) is 8.05. The maximum atomic E-state index is 11.4. The van der Waals surface area contributed by atoms with Crippen LogP contribution in [-0.4, -0.2) is 11.4 Å². The van der Waals surface area contributed by atoms with E-state index in [9.17, 15) is 4.79 Å². The van der Waals surface area contributed by atoms with Gasteiger partial charge in [-0.2, -0.15) is 0 Å². The molecule has 0 unspecified atom stereocenters. The molecule has 0 bridgehead atoms. The molecule has 2 heteroatoms. The lowest BCUT2D eigenvalue weighted by molar-refractivity contribution is -0.123. The number of nitrogens with one attached hydrogen (secondary N) is 1. The van der Waals surface area contributed by atoms with E-state index in [0.717, 1.165) is 12.8 Å². The summed E-state index contributed by atoms with van der Waals surface area (Å²) in [7, 11) is 0. The maximum Gasteiger partial charge on any atom is 0.223 e. The van der Waals surface area contributed by atoms with Crippen LogP contribution < -0.4 is 5.32 Å². The minimum absolute atomic E-state index is 0.186. The first-order chi connectivity index (χ1) is 5.55. The van der Waals surface area contributed by atoms with Gasteiger partial charge in [-0.3, -0.25) is 4.79 Å². The van der Waals surface area contributed by atoms with Gasteiger partial charge >= 0.3 is 0 Å². The Bertz CT molecular complexity index is 202. The van der Waals surface area contributed by atoms with Crippen molar-refractivity contribution >= 4 is 5.91 Å². The Hall–Kier alpha value is -0.790. The number of hydrogen-bond acceptors (Lipinski definition) is 1. The minimum atomic E-state index is -0.186. The van der Waals surface area contributed by atoms with Crippen molar-refractivity contribution in [2.75, 3.05) is 0 Å². The molecule has 1 saturated carbocycles. The normalized spacial score (nSPS) is 18.2. The second kappa shape index (κ2) is 3.30. The van der Waals surface area contributed by atoms with Crippen LogP contribution in [0.3, 0.4) is 0 Å². The number of carbonyl (C=O) groups is 1. The molecular formula is C10H17NO. The summed E-state index contributed by atoms with van der Waals surface area (Å²) in [5.41, 5.74) is -0.186. The largest absolute Gasteiger partial charge is 0.348 e. The van der Waals surface area contributed by atoms with Crippen LogP contribution in [0.1, 0.15) is 33.6 Å². The topological polar surface area (TPSA) is 29.1 Å². The molecule has 0 aromatic rings. The SMILES string of the molecule is C/C=C/C(C)(C)NC(=O)C1CC1. The van der Waals surface area contributed by atoms with E-state index in [1.807, 2.05) is 32.9 Å². The van der Waals surface area contributed by atoms with Crippen molar-refractivity contribution in [3.63, 3.8) is 0 Å². The van der Waals surface area contributed by atoms with Crippen molar-refractivity contribution < 1.29 is 4.79 Å². The highest BCUT2D eigenvalue weighted by molar-refractivity contribution is 5.81. The van der Waals surface area contributed by atoms with Crippen molar-refractivity contribution in [2.24, 2.45) is 5.92 Å². The van der Waals surface area contributed by atoms with Crippen LogP contribution >= 0.6 is 0 Å². The molecule has 12 heavy (non-hydrogen) atoms. The van der Waals surface area contributed by atoms with Crippen LogP contribution in [0, 0.1) is 5.92 Å². The highest BCUT2D eigenvalue weighted by atomic mass is 16.2. The number of carbonyl (C=O) groups excluding carboxylic acids is 1. The molecule has 2 nitrogen and oxygen atoms in total. The summed E-state index contributed by atoms with van der Waals surface area (Å²) in [6, 6.07) is 0. The summed E-state index contributed by atoms with van der Waals surface area (Å²) >= 11 is 0. The van der Waals surface area contributed by atoms with Gasteiger partial charge in [0, 0.05) is 5.92 Å². The molecule has 0 aliphatic heterocycles. The first-order valence-electron chi connectivity index (χ1n) is 4.51. The second-order valence-electron chi connectivity index (χ2n) is 3.99. The molecule has 0 saturated heterocycles. The van der Waals surface area contributed by atoms with Crippen molar-refractivity contribution in [1.82, 2.24) is 5.32 Å². The smallest absolute Gasteiger partial charge is 0.223 e. The van der Waals surface area contributed by atoms with Gasteiger partial charge in [0.1, 0.15) is 0 Å². The van der Waals surface area contributed by atoms with E-state index in [1.54, 1.807) is 0 Å². The van der Waals surface area contributed by atoms with Gasteiger partial charge in [-0.1, -0.05) is 12.2 Å². The Morgan fingerprint density at radius 3 is 2.50 bits per heavy atom. The van der Waals surface area contributed by atoms with E-state index in [2.05, 4.69) is 5.32 Å². The molecule has 1 rings (SSSR count). The predicted octanol–water partition coefficient (Wildman–Crippen LogP) is 1.87. The lowest BCUT2D eigenvalue weighted by Crippen LogP contribution is -2.42.